The van der Waals surface area contributed by atoms with Gasteiger partial charge in [-0.3, -0.25) is 0 Å². The number of benzene rings is 1. The summed E-state index contributed by atoms with van der Waals surface area (Å²) < 4.78 is 12.9. The monoisotopic (exact) mass is 249 g/mol. The summed E-state index contributed by atoms with van der Waals surface area (Å²) >= 11 is 1.76. The average molecular weight is 249 g/mol. The third-order valence-corrected chi connectivity index (χ3v) is 3.61. The van der Waals surface area contributed by atoms with E-state index >= 15 is 0 Å². The minimum absolute atomic E-state index is 0.180. The Kier molecular flexibility index (Phi) is 4.29. The van der Waals surface area contributed by atoms with Crippen LogP contribution < -0.4 is 5.32 Å². The maximum Gasteiger partial charge on any atom is 0.123 e. The molecule has 1 atom stereocenters. The van der Waals surface area contributed by atoms with E-state index in [1.165, 1.54) is 17.0 Å². The largest absolute Gasteiger partial charge is 0.310 e. The van der Waals surface area contributed by atoms with Gasteiger partial charge >= 0.3 is 0 Å². The van der Waals surface area contributed by atoms with Crippen molar-refractivity contribution in [1.82, 2.24) is 5.32 Å². The molecule has 1 N–H and O–H groups in total. The first-order valence-electron chi connectivity index (χ1n) is 5.81. The first kappa shape index (κ1) is 12.3. The molecule has 2 aromatic rings. The van der Waals surface area contributed by atoms with E-state index in [2.05, 4.69) is 29.8 Å². The van der Waals surface area contributed by atoms with Gasteiger partial charge in [0.1, 0.15) is 5.82 Å². The lowest BCUT2D eigenvalue weighted by molar-refractivity contribution is 0.551. The zero-order valence-electron chi connectivity index (χ0n) is 9.82. The Morgan fingerprint density at radius 1 is 1.24 bits per heavy atom. The third kappa shape index (κ3) is 3.38. The van der Waals surface area contributed by atoms with Gasteiger partial charge in [0.05, 0.1) is 0 Å². The van der Waals surface area contributed by atoms with Crippen LogP contribution in [0.4, 0.5) is 4.39 Å². The van der Waals surface area contributed by atoms with E-state index < -0.39 is 0 Å². The van der Waals surface area contributed by atoms with Crippen molar-refractivity contribution in [3.05, 3.63) is 58.0 Å². The Hall–Kier alpha value is -1.19. The minimum atomic E-state index is -0.180. The van der Waals surface area contributed by atoms with Gasteiger partial charge in [0, 0.05) is 17.3 Å². The molecule has 3 heteroatoms. The number of nitrogens with one attached hydrogen (secondary N) is 1. The maximum absolute atomic E-state index is 12.9. The first-order valence-corrected chi connectivity index (χ1v) is 6.68. The number of hydrogen-bond acceptors (Lipinski definition) is 2. The van der Waals surface area contributed by atoms with E-state index in [1.807, 2.05) is 12.1 Å². The number of rotatable bonds is 5. The van der Waals surface area contributed by atoms with Crippen molar-refractivity contribution in [2.45, 2.75) is 19.4 Å². The SMILES string of the molecule is CCNC(Cc1cccs1)c1ccc(F)cc1. The molecule has 1 unspecified atom stereocenters. The summed E-state index contributed by atoms with van der Waals surface area (Å²) in [5, 5.41) is 5.53. The second kappa shape index (κ2) is 5.94. The molecule has 0 bridgehead atoms. The van der Waals surface area contributed by atoms with Crippen molar-refractivity contribution in [2.24, 2.45) is 0 Å². The smallest absolute Gasteiger partial charge is 0.123 e. The van der Waals surface area contributed by atoms with Gasteiger partial charge in [-0.05, 0) is 35.7 Å². The molecule has 0 saturated carbocycles. The lowest BCUT2D eigenvalue weighted by atomic mass is 10.0. The van der Waals surface area contributed by atoms with Crippen LogP contribution in [0.15, 0.2) is 41.8 Å². The molecular formula is C14H16FNS. The summed E-state index contributed by atoms with van der Waals surface area (Å²) in [4.78, 5) is 1.35. The fourth-order valence-corrected chi connectivity index (χ4v) is 2.63. The molecule has 0 aliphatic rings. The maximum atomic E-state index is 12.9. The van der Waals surface area contributed by atoms with E-state index in [0.29, 0.717) is 0 Å². The Morgan fingerprint density at radius 3 is 2.59 bits per heavy atom. The Morgan fingerprint density at radius 2 is 2.00 bits per heavy atom. The number of thiophene rings is 1. The van der Waals surface area contributed by atoms with Crippen LogP contribution in [0.3, 0.4) is 0 Å². The molecular weight excluding hydrogens is 233 g/mol. The second-order valence-corrected chi connectivity index (χ2v) is 4.98. The van der Waals surface area contributed by atoms with Crippen LogP contribution in [-0.4, -0.2) is 6.54 Å². The van der Waals surface area contributed by atoms with Crippen LogP contribution in [-0.2, 0) is 6.42 Å². The summed E-state index contributed by atoms with van der Waals surface area (Å²) in [5.41, 5.74) is 1.14. The topological polar surface area (TPSA) is 12.0 Å². The minimum Gasteiger partial charge on any atom is -0.310 e. The first-order chi connectivity index (χ1) is 8.29. The molecule has 0 fully saturated rings. The summed E-state index contributed by atoms with van der Waals surface area (Å²) in [6, 6.07) is 11.2. The number of hydrogen-bond donors (Lipinski definition) is 1. The molecule has 0 saturated heterocycles. The Balaban J connectivity index is 2.13. The summed E-state index contributed by atoms with van der Waals surface area (Å²) in [6.45, 7) is 3.00. The van der Waals surface area contributed by atoms with Gasteiger partial charge in [-0.15, -0.1) is 11.3 Å². The second-order valence-electron chi connectivity index (χ2n) is 3.95. The van der Waals surface area contributed by atoms with Crippen LogP contribution in [0.1, 0.15) is 23.4 Å². The van der Waals surface area contributed by atoms with E-state index in [1.54, 1.807) is 11.3 Å². The molecule has 0 amide bonds. The molecule has 0 radical (unpaired) electrons. The fraction of sp³-hybridized carbons (Fsp3) is 0.286. The summed E-state index contributed by atoms with van der Waals surface area (Å²) in [7, 11) is 0. The molecule has 90 valence electrons. The van der Waals surface area contributed by atoms with Crippen LogP contribution >= 0.6 is 11.3 Å². The van der Waals surface area contributed by atoms with Crippen molar-refractivity contribution >= 4 is 11.3 Å². The van der Waals surface area contributed by atoms with Crippen LogP contribution in [0.2, 0.25) is 0 Å². The zero-order valence-corrected chi connectivity index (χ0v) is 10.6. The van der Waals surface area contributed by atoms with Gasteiger partial charge in [-0.1, -0.05) is 25.1 Å². The lowest BCUT2D eigenvalue weighted by Crippen LogP contribution is -2.22. The van der Waals surface area contributed by atoms with Crippen LogP contribution in [0, 0.1) is 5.82 Å². The Bertz CT molecular complexity index is 436. The zero-order chi connectivity index (χ0) is 12.1. The normalized spacial score (nSPS) is 12.6. The van der Waals surface area contributed by atoms with Gasteiger partial charge in [-0.25, -0.2) is 4.39 Å². The van der Waals surface area contributed by atoms with Crippen molar-refractivity contribution in [3.8, 4) is 0 Å². The molecule has 0 aliphatic carbocycles. The van der Waals surface area contributed by atoms with E-state index in [9.17, 15) is 4.39 Å². The van der Waals surface area contributed by atoms with Gasteiger partial charge in [0.15, 0.2) is 0 Å². The summed E-state index contributed by atoms with van der Waals surface area (Å²) in [6.07, 6.45) is 0.955. The van der Waals surface area contributed by atoms with Gasteiger partial charge in [0.25, 0.3) is 0 Å². The Labute approximate surface area is 105 Å². The highest BCUT2D eigenvalue weighted by molar-refractivity contribution is 7.09. The highest BCUT2D eigenvalue weighted by atomic mass is 32.1. The molecule has 1 nitrogen and oxygen atoms in total. The molecule has 0 spiro atoms. The molecule has 1 aromatic heterocycles. The standard InChI is InChI=1S/C14H16FNS/c1-2-16-14(10-13-4-3-9-17-13)11-5-7-12(15)8-6-11/h3-9,14,16H,2,10H2,1H3. The average Bonchev–Trinajstić information content (AvgIpc) is 2.82. The molecule has 0 aliphatic heterocycles. The van der Waals surface area contributed by atoms with Crippen molar-refractivity contribution in [1.29, 1.82) is 0 Å². The predicted molar refractivity (Wildman–Crippen MR) is 70.8 cm³/mol. The highest BCUT2D eigenvalue weighted by Gasteiger charge is 2.11. The molecule has 1 heterocycles. The van der Waals surface area contributed by atoms with Crippen molar-refractivity contribution < 1.29 is 4.39 Å². The van der Waals surface area contributed by atoms with Crippen molar-refractivity contribution in [3.63, 3.8) is 0 Å². The summed E-state index contributed by atoms with van der Waals surface area (Å²) in [5.74, 6) is -0.180. The number of likely N-dealkylation sites (N-methyl/N-ethyl adjacent to an activating group) is 1. The van der Waals surface area contributed by atoms with Crippen LogP contribution in [0.25, 0.3) is 0 Å². The van der Waals surface area contributed by atoms with E-state index in [4.69, 9.17) is 0 Å². The molecule has 1 aromatic carbocycles. The fourth-order valence-electron chi connectivity index (χ4n) is 1.88. The van der Waals surface area contributed by atoms with E-state index in [0.717, 1.165) is 18.5 Å². The predicted octanol–water partition coefficient (Wildman–Crippen LogP) is 3.78. The quantitative estimate of drug-likeness (QED) is 0.850. The van der Waals surface area contributed by atoms with E-state index in [-0.39, 0.29) is 11.9 Å². The lowest BCUT2D eigenvalue weighted by Gasteiger charge is -2.17. The molecule has 2 rings (SSSR count). The third-order valence-electron chi connectivity index (χ3n) is 2.71. The van der Waals surface area contributed by atoms with Gasteiger partial charge in [0.2, 0.25) is 0 Å². The number of halogens is 1. The highest BCUT2D eigenvalue weighted by Crippen LogP contribution is 2.21. The van der Waals surface area contributed by atoms with Gasteiger partial charge < -0.3 is 5.32 Å². The van der Waals surface area contributed by atoms with Crippen LogP contribution in [0.5, 0.6) is 0 Å². The van der Waals surface area contributed by atoms with Gasteiger partial charge in [-0.2, -0.15) is 0 Å². The molecule has 17 heavy (non-hydrogen) atoms. The van der Waals surface area contributed by atoms with Crippen molar-refractivity contribution in [2.75, 3.05) is 6.54 Å².